The summed E-state index contributed by atoms with van der Waals surface area (Å²) in [6.07, 6.45) is 5.88. The molecule has 1 fully saturated rings. The molecule has 2 rings (SSSR count). The Bertz CT molecular complexity index is 502. The Morgan fingerprint density at radius 1 is 1.38 bits per heavy atom. The van der Waals surface area contributed by atoms with Crippen LogP contribution in [0, 0.1) is 0 Å². The van der Waals surface area contributed by atoms with E-state index in [0.29, 0.717) is 6.61 Å². The number of aliphatic hydroxyl groups is 1. The van der Waals surface area contributed by atoms with E-state index in [1.54, 1.807) is 0 Å². The van der Waals surface area contributed by atoms with Gasteiger partial charge in [-0.25, -0.2) is 0 Å². The second-order valence-electron chi connectivity index (χ2n) is 5.62. The first-order chi connectivity index (χ1) is 10.1. The van der Waals surface area contributed by atoms with Crippen LogP contribution in [0.3, 0.4) is 0 Å². The van der Waals surface area contributed by atoms with Crippen molar-refractivity contribution in [3.05, 3.63) is 41.0 Å². The Hall–Kier alpha value is -1.61. The van der Waals surface area contributed by atoms with Crippen LogP contribution < -0.4 is 0 Å². The summed E-state index contributed by atoms with van der Waals surface area (Å²) in [7, 11) is 0. The number of aliphatic hydroxyl groups excluding tert-OH is 1. The van der Waals surface area contributed by atoms with Crippen molar-refractivity contribution in [3.8, 4) is 0 Å². The maximum atomic E-state index is 11.7. The van der Waals surface area contributed by atoms with Gasteiger partial charge in [-0.2, -0.15) is 0 Å². The normalized spacial score (nSPS) is 22.0. The maximum absolute atomic E-state index is 11.7. The molecule has 1 aliphatic rings. The highest BCUT2D eigenvalue weighted by atomic mass is 16.5. The highest BCUT2D eigenvalue weighted by Crippen LogP contribution is 2.26. The van der Waals surface area contributed by atoms with E-state index in [0.717, 1.165) is 42.4 Å². The lowest BCUT2D eigenvalue weighted by molar-refractivity contribution is -0.144. The van der Waals surface area contributed by atoms with Crippen LogP contribution in [0.15, 0.2) is 29.8 Å². The summed E-state index contributed by atoms with van der Waals surface area (Å²) in [6.45, 7) is 4.08. The molecule has 2 atom stereocenters. The van der Waals surface area contributed by atoms with E-state index in [1.165, 1.54) is 0 Å². The fourth-order valence-corrected chi connectivity index (χ4v) is 2.69. The smallest absolute Gasteiger partial charge is 0.313 e. The van der Waals surface area contributed by atoms with E-state index in [1.807, 2.05) is 38.1 Å². The van der Waals surface area contributed by atoms with Gasteiger partial charge in [0.2, 0.25) is 0 Å². The lowest BCUT2D eigenvalue weighted by Gasteiger charge is -2.20. The van der Waals surface area contributed by atoms with Crippen LogP contribution in [0.5, 0.6) is 0 Å². The maximum Gasteiger partial charge on any atom is 0.313 e. The third kappa shape index (κ3) is 4.18. The van der Waals surface area contributed by atoms with Crippen molar-refractivity contribution in [2.45, 2.75) is 51.6 Å². The molecule has 0 saturated heterocycles. The fraction of sp³-hybridized carbons (Fsp3) is 0.500. The van der Waals surface area contributed by atoms with Crippen LogP contribution in [-0.4, -0.2) is 23.8 Å². The molecule has 1 aromatic rings. The predicted octanol–water partition coefficient (Wildman–Crippen LogP) is 3.67. The minimum absolute atomic E-state index is 0.189. The lowest BCUT2D eigenvalue weighted by atomic mass is 9.90. The summed E-state index contributed by atoms with van der Waals surface area (Å²) in [5.74, 6) is -0.432. The molecule has 3 nitrogen and oxygen atoms in total. The minimum atomic E-state index is -0.295. The second kappa shape index (κ2) is 7.41. The zero-order valence-electron chi connectivity index (χ0n) is 12.8. The van der Waals surface area contributed by atoms with Gasteiger partial charge in [-0.05, 0) is 49.8 Å². The Morgan fingerprint density at radius 3 is 2.71 bits per heavy atom. The molecule has 3 heteroatoms. The monoisotopic (exact) mass is 288 g/mol. The highest BCUT2D eigenvalue weighted by Gasteiger charge is 2.17. The van der Waals surface area contributed by atoms with Crippen molar-refractivity contribution < 1.29 is 14.6 Å². The molecular formula is C18H24O3. The van der Waals surface area contributed by atoms with Crippen molar-refractivity contribution >= 4 is 12.0 Å². The highest BCUT2D eigenvalue weighted by molar-refractivity contribution is 5.77. The first-order valence-corrected chi connectivity index (χ1v) is 7.77. The van der Waals surface area contributed by atoms with E-state index in [2.05, 4.69) is 6.08 Å². The first kappa shape index (κ1) is 15.8. The third-order valence-corrected chi connectivity index (χ3v) is 4.05. The van der Waals surface area contributed by atoms with Crippen LogP contribution >= 0.6 is 0 Å². The van der Waals surface area contributed by atoms with Crippen LogP contribution in [0.1, 0.15) is 56.6 Å². The fourth-order valence-electron chi connectivity index (χ4n) is 2.69. The molecule has 0 heterocycles. The van der Waals surface area contributed by atoms with Gasteiger partial charge in [-0.3, -0.25) is 4.79 Å². The number of rotatable bonds is 4. The number of hydrogen-bond acceptors (Lipinski definition) is 3. The molecule has 0 bridgehead atoms. The van der Waals surface area contributed by atoms with Gasteiger partial charge in [0.1, 0.15) is 0 Å². The van der Waals surface area contributed by atoms with Gasteiger partial charge in [0.25, 0.3) is 0 Å². The zero-order valence-corrected chi connectivity index (χ0v) is 12.8. The van der Waals surface area contributed by atoms with Crippen LogP contribution in [0.25, 0.3) is 6.08 Å². The molecule has 1 aliphatic carbocycles. The molecule has 114 valence electrons. The summed E-state index contributed by atoms with van der Waals surface area (Å²) < 4.78 is 5.04. The quantitative estimate of drug-likeness (QED) is 0.860. The van der Waals surface area contributed by atoms with E-state index in [4.69, 9.17) is 4.74 Å². The SMILES string of the molecule is CCOC(=O)C(C)c1ccc(/C=C2/CCCCC2O)cc1. The van der Waals surface area contributed by atoms with Gasteiger partial charge in [-0.15, -0.1) is 0 Å². The number of ether oxygens (including phenoxy) is 1. The van der Waals surface area contributed by atoms with Crippen LogP contribution in [-0.2, 0) is 9.53 Å². The van der Waals surface area contributed by atoms with Crippen molar-refractivity contribution in [1.29, 1.82) is 0 Å². The molecule has 1 aromatic carbocycles. The molecule has 0 radical (unpaired) electrons. The van der Waals surface area contributed by atoms with E-state index < -0.39 is 0 Å². The van der Waals surface area contributed by atoms with E-state index >= 15 is 0 Å². The van der Waals surface area contributed by atoms with E-state index in [9.17, 15) is 9.90 Å². The second-order valence-corrected chi connectivity index (χ2v) is 5.62. The lowest BCUT2D eigenvalue weighted by Crippen LogP contribution is -2.14. The van der Waals surface area contributed by atoms with Crippen LogP contribution in [0.4, 0.5) is 0 Å². The van der Waals surface area contributed by atoms with E-state index in [-0.39, 0.29) is 18.0 Å². The minimum Gasteiger partial charge on any atom is -0.466 e. The Labute approximate surface area is 126 Å². The third-order valence-electron chi connectivity index (χ3n) is 4.05. The summed E-state index contributed by atoms with van der Waals surface area (Å²) in [5.41, 5.74) is 3.15. The number of carbonyl (C=O) groups is 1. The molecule has 1 N–H and O–H groups in total. The standard InChI is InChI=1S/C18H24O3/c1-3-21-18(20)13(2)15-10-8-14(9-11-15)12-16-6-4-5-7-17(16)19/h8-13,17,19H,3-7H2,1-2H3/b16-12-. The summed E-state index contributed by atoms with van der Waals surface area (Å²) >= 11 is 0. The molecule has 1 saturated carbocycles. The van der Waals surface area contributed by atoms with Crippen molar-refractivity contribution in [2.24, 2.45) is 0 Å². The average Bonchev–Trinajstić information content (AvgIpc) is 2.50. The largest absolute Gasteiger partial charge is 0.466 e. The summed E-state index contributed by atoms with van der Waals surface area (Å²) in [5, 5.41) is 9.98. The number of esters is 1. The zero-order chi connectivity index (χ0) is 15.2. The Kier molecular flexibility index (Phi) is 5.57. The Balaban J connectivity index is 2.08. The average molecular weight is 288 g/mol. The topological polar surface area (TPSA) is 46.5 Å². The van der Waals surface area contributed by atoms with Crippen molar-refractivity contribution in [1.82, 2.24) is 0 Å². The first-order valence-electron chi connectivity index (χ1n) is 7.77. The van der Waals surface area contributed by atoms with Crippen molar-refractivity contribution in [2.75, 3.05) is 6.61 Å². The molecule has 2 unspecified atom stereocenters. The summed E-state index contributed by atoms with van der Waals surface area (Å²) in [6, 6.07) is 7.92. The van der Waals surface area contributed by atoms with Crippen molar-refractivity contribution in [3.63, 3.8) is 0 Å². The number of hydrogen-bond donors (Lipinski definition) is 1. The number of carbonyl (C=O) groups excluding carboxylic acids is 1. The predicted molar refractivity (Wildman–Crippen MR) is 83.9 cm³/mol. The molecule has 21 heavy (non-hydrogen) atoms. The molecule has 0 amide bonds. The van der Waals surface area contributed by atoms with Gasteiger partial charge in [-0.1, -0.05) is 36.8 Å². The Morgan fingerprint density at radius 2 is 2.10 bits per heavy atom. The molecule has 0 spiro atoms. The molecule has 0 aliphatic heterocycles. The van der Waals surface area contributed by atoms with Gasteiger partial charge in [0, 0.05) is 0 Å². The van der Waals surface area contributed by atoms with Crippen LogP contribution in [0.2, 0.25) is 0 Å². The molecule has 0 aromatic heterocycles. The van der Waals surface area contributed by atoms with Gasteiger partial charge in [0.15, 0.2) is 0 Å². The van der Waals surface area contributed by atoms with Gasteiger partial charge >= 0.3 is 5.97 Å². The molecular weight excluding hydrogens is 264 g/mol. The van der Waals surface area contributed by atoms with Gasteiger partial charge < -0.3 is 9.84 Å². The summed E-state index contributed by atoms with van der Waals surface area (Å²) in [4.78, 5) is 11.7. The van der Waals surface area contributed by atoms with Gasteiger partial charge in [0.05, 0.1) is 18.6 Å². The number of benzene rings is 1.